The fraction of sp³-hybridized carbons (Fsp3) is 0.611. The van der Waals surface area contributed by atoms with Crippen molar-refractivity contribution < 1.29 is 14.5 Å². The molecule has 8 heteroatoms. The molecule has 1 aromatic carbocycles. The number of nitro groups is 1. The van der Waals surface area contributed by atoms with Crippen LogP contribution in [-0.2, 0) is 0 Å². The van der Waals surface area contributed by atoms with Gasteiger partial charge in [0, 0.05) is 63.0 Å². The number of nitrogens with zero attached hydrogens (tertiary/aromatic N) is 4. The van der Waals surface area contributed by atoms with Gasteiger partial charge in [0.25, 0.3) is 5.91 Å². The van der Waals surface area contributed by atoms with Crippen LogP contribution in [-0.4, -0.2) is 85.0 Å². The van der Waals surface area contributed by atoms with Gasteiger partial charge in [0.1, 0.15) is 0 Å². The fourth-order valence-electron chi connectivity index (χ4n) is 3.77. The third-order valence-corrected chi connectivity index (χ3v) is 5.43. The van der Waals surface area contributed by atoms with Gasteiger partial charge in [0.15, 0.2) is 5.75 Å². The highest BCUT2D eigenvalue weighted by molar-refractivity contribution is 5.95. The lowest BCUT2D eigenvalue weighted by atomic mass is 10.0. The molecular formula is C18H26N4O4. The molecule has 0 saturated carbocycles. The number of likely N-dealkylation sites (tertiary alicyclic amines) is 1. The quantitative estimate of drug-likeness (QED) is 0.596. The molecule has 0 unspecified atom stereocenters. The number of piperidine rings is 1. The van der Waals surface area contributed by atoms with Gasteiger partial charge in [0.2, 0.25) is 0 Å². The number of ether oxygens (including phenoxy) is 1. The van der Waals surface area contributed by atoms with Crippen LogP contribution >= 0.6 is 0 Å². The van der Waals surface area contributed by atoms with E-state index in [1.807, 2.05) is 4.90 Å². The van der Waals surface area contributed by atoms with E-state index in [1.54, 1.807) is 0 Å². The average Bonchev–Trinajstić information content (AvgIpc) is 2.67. The summed E-state index contributed by atoms with van der Waals surface area (Å²) in [6.45, 7) is 5.82. The zero-order valence-corrected chi connectivity index (χ0v) is 15.4. The van der Waals surface area contributed by atoms with E-state index in [9.17, 15) is 14.9 Å². The summed E-state index contributed by atoms with van der Waals surface area (Å²) in [7, 11) is 3.52. The predicted molar refractivity (Wildman–Crippen MR) is 97.6 cm³/mol. The van der Waals surface area contributed by atoms with Gasteiger partial charge in [-0.05, 0) is 26.0 Å². The van der Waals surface area contributed by atoms with E-state index in [2.05, 4.69) is 16.8 Å². The van der Waals surface area contributed by atoms with Crippen molar-refractivity contribution in [1.29, 1.82) is 0 Å². The number of hydrogen-bond acceptors (Lipinski definition) is 6. The average molecular weight is 362 g/mol. The van der Waals surface area contributed by atoms with Gasteiger partial charge in [-0.1, -0.05) is 0 Å². The molecule has 8 nitrogen and oxygen atoms in total. The Morgan fingerprint density at radius 1 is 1.15 bits per heavy atom. The third kappa shape index (κ3) is 3.96. The zero-order chi connectivity index (χ0) is 18.7. The minimum Gasteiger partial charge on any atom is -0.490 e. The molecule has 1 amide bonds. The second kappa shape index (κ2) is 8.01. The molecule has 2 heterocycles. The molecule has 26 heavy (non-hydrogen) atoms. The molecular weight excluding hydrogens is 336 g/mol. The van der Waals surface area contributed by atoms with Gasteiger partial charge in [-0.25, -0.2) is 0 Å². The number of piperazine rings is 1. The number of hydrogen-bond donors (Lipinski definition) is 0. The monoisotopic (exact) mass is 362 g/mol. The Bertz CT molecular complexity index is 665. The van der Waals surface area contributed by atoms with Crippen LogP contribution in [0.2, 0.25) is 0 Å². The molecule has 2 aliphatic rings. The van der Waals surface area contributed by atoms with E-state index in [4.69, 9.17) is 4.74 Å². The second-order valence-electron chi connectivity index (χ2n) is 7.01. The van der Waals surface area contributed by atoms with E-state index >= 15 is 0 Å². The van der Waals surface area contributed by atoms with E-state index in [0.29, 0.717) is 11.6 Å². The summed E-state index contributed by atoms with van der Waals surface area (Å²) in [6.07, 6.45) is 1.94. The van der Waals surface area contributed by atoms with Crippen molar-refractivity contribution in [2.24, 2.45) is 0 Å². The number of methoxy groups -OCH3 is 1. The van der Waals surface area contributed by atoms with Gasteiger partial charge in [0.05, 0.1) is 12.0 Å². The topological polar surface area (TPSA) is 79.2 Å². The first kappa shape index (κ1) is 18.6. The van der Waals surface area contributed by atoms with Crippen molar-refractivity contribution >= 4 is 11.6 Å². The van der Waals surface area contributed by atoms with Crippen LogP contribution in [0.1, 0.15) is 23.2 Å². The second-order valence-corrected chi connectivity index (χ2v) is 7.01. The van der Waals surface area contributed by atoms with Crippen molar-refractivity contribution in [2.75, 3.05) is 53.4 Å². The van der Waals surface area contributed by atoms with Crippen molar-refractivity contribution in [3.63, 3.8) is 0 Å². The molecule has 0 atom stereocenters. The molecule has 0 spiro atoms. The maximum atomic E-state index is 12.8. The minimum atomic E-state index is -0.505. The van der Waals surface area contributed by atoms with Crippen molar-refractivity contribution in [1.82, 2.24) is 14.7 Å². The van der Waals surface area contributed by atoms with E-state index < -0.39 is 4.92 Å². The van der Waals surface area contributed by atoms with E-state index in [1.165, 1.54) is 25.3 Å². The number of nitro benzene ring substituents is 1. The van der Waals surface area contributed by atoms with Crippen LogP contribution in [0.15, 0.2) is 18.2 Å². The van der Waals surface area contributed by atoms with Gasteiger partial charge >= 0.3 is 5.69 Å². The van der Waals surface area contributed by atoms with Gasteiger partial charge in [-0.15, -0.1) is 0 Å². The van der Waals surface area contributed by atoms with Crippen molar-refractivity contribution in [3.05, 3.63) is 33.9 Å². The lowest BCUT2D eigenvalue weighted by Gasteiger charge is -2.42. The molecule has 0 aromatic heterocycles. The number of carbonyl (C=O) groups excluding carboxylic acids is 1. The molecule has 142 valence electrons. The minimum absolute atomic E-state index is 0.0879. The summed E-state index contributed by atoms with van der Waals surface area (Å²) in [6, 6.07) is 4.85. The molecule has 1 aromatic rings. The van der Waals surface area contributed by atoms with Crippen LogP contribution in [0, 0.1) is 10.1 Å². The lowest BCUT2D eigenvalue weighted by Crippen LogP contribution is -2.52. The maximum absolute atomic E-state index is 12.8. The van der Waals surface area contributed by atoms with E-state index in [0.717, 1.165) is 52.1 Å². The number of likely N-dealkylation sites (N-methyl/N-ethyl adjacent to an activating group) is 1. The summed E-state index contributed by atoms with van der Waals surface area (Å²) >= 11 is 0. The maximum Gasteiger partial charge on any atom is 0.310 e. The Hall–Kier alpha value is -2.19. The highest BCUT2D eigenvalue weighted by Crippen LogP contribution is 2.28. The van der Waals surface area contributed by atoms with Crippen LogP contribution in [0.25, 0.3) is 0 Å². The largest absolute Gasteiger partial charge is 0.490 e. The smallest absolute Gasteiger partial charge is 0.310 e. The normalized spacial score (nSPS) is 20.2. The summed E-state index contributed by atoms with van der Waals surface area (Å²) in [5, 5.41) is 11.0. The highest BCUT2D eigenvalue weighted by atomic mass is 16.6. The molecule has 0 N–H and O–H groups in total. The Morgan fingerprint density at radius 2 is 1.81 bits per heavy atom. The molecule has 3 rings (SSSR count). The van der Waals surface area contributed by atoms with Crippen LogP contribution in [0.5, 0.6) is 5.75 Å². The van der Waals surface area contributed by atoms with Crippen LogP contribution in [0.4, 0.5) is 5.69 Å². The summed E-state index contributed by atoms with van der Waals surface area (Å²) < 4.78 is 5.07. The molecule has 2 aliphatic heterocycles. The van der Waals surface area contributed by atoms with Crippen molar-refractivity contribution in [3.8, 4) is 5.75 Å². The number of amides is 1. The number of benzene rings is 1. The zero-order valence-electron chi connectivity index (χ0n) is 15.4. The van der Waals surface area contributed by atoms with Gasteiger partial charge < -0.3 is 14.5 Å². The fourth-order valence-corrected chi connectivity index (χ4v) is 3.77. The first-order valence-electron chi connectivity index (χ1n) is 9.04. The SMILES string of the molecule is COc1cc(C(=O)N2CCC(N3CCN(C)CC3)CC2)ccc1[N+](=O)[O-]. The Labute approximate surface area is 153 Å². The highest BCUT2D eigenvalue weighted by Gasteiger charge is 2.29. The van der Waals surface area contributed by atoms with Crippen LogP contribution in [0.3, 0.4) is 0 Å². The Kier molecular flexibility index (Phi) is 5.73. The lowest BCUT2D eigenvalue weighted by molar-refractivity contribution is -0.385. The molecule has 0 radical (unpaired) electrons. The molecule has 0 bridgehead atoms. The van der Waals surface area contributed by atoms with Gasteiger partial charge in [-0.2, -0.15) is 0 Å². The standard InChI is InChI=1S/C18H26N4O4/c1-19-9-11-20(12-10-19)15-5-7-21(8-6-15)18(23)14-3-4-16(22(24)25)17(13-14)26-2/h3-4,13,15H,5-12H2,1-2H3. The Balaban J connectivity index is 1.61. The Morgan fingerprint density at radius 3 is 2.38 bits per heavy atom. The number of rotatable bonds is 4. The first-order valence-corrected chi connectivity index (χ1v) is 9.04. The van der Waals surface area contributed by atoms with Gasteiger partial charge in [-0.3, -0.25) is 19.8 Å². The molecule has 2 saturated heterocycles. The molecule has 0 aliphatic carbocycles. The van der Waals surface area contributed by atoms with E-state index in [-0.39, 0.29) is 17.3 Å². The number of carbonyl (C=O) groups is 1. The molecule has 2 fully saturated rings. The summed E-state index contributed by atoms with van der Waals surface area (Å²) in [5.41, 5.74) is 0.309. The first-order chi connectivity index (χ1) is 12.5. The predicted octanol–water partition coefficient (Wildman–Crippen LogP) is 1.46. The third-order valence-electron chi connectivity index (χ3n) is 5.43. The van der Waals surface area contributed by atoms with Crippen LogP contribution < -0.4 is 4.74 Å². The van der Waals surface area contributed by atoms with Crippen molar-refractivity contribution in [2.45, 2.75) is 18.9 Å². The summed E-state index contributed by atoms with van der Waals surface area (Å²) in [5.74, 6) is 0.0307. The summed E-state index contributed by atoms with van der Waals surface area (Å²) in [4.78, 5) is 30.0.